The molecule has 2 aliphatic heterocycles. The molecule has 0 aromatic heterocycles. The molecular formula is C27H29N3O4S. The molecule has 8 heteroatoms. The smallest absolute Gasteiger partial charge is 0.240 e. The normalized spacial score (nSPS) is 19.8. The van der Waals surface area contributed by atoms with E-state index in [1.165, 1.54) is 0 Å². The van der Waals surface area contributed by atoms with Gasteiger partial charge < -0.3 is 15.4 Å². The second-order valence-corrected chi connectivity index (χ2v) is 10.9. The summed E-state index contributed by atoms with van der Waals surface area (Å²) in [7, 11) is -3.66. The standard InChI is InChI=1S/C27H29N3O4S/c1-18-10-12-21(13-11-18)35(32,33)30-20-14-19(15-28-16-20)27(31)29-17-24-22-6-2-4-8-25(22)34-26-9-5-3-7-23(24)26/h2-13,19-20,24,28,30H,14-17H2,1H3,(H,29,31)/t19-,20-/m0/s1. The maximum Gasteiger partial charge on any atom is 0.240 e. The third kappa shape index (κ3) is 5.10. The van der Waals surface area contributed by atoms with Gasteiger partial charge in [-0.1, -0.05) is 54.1 Å². The predicted octanol–water partition coefficient (Wildman–Crippen LogP) is 3.31. The number of hydrogen-bond donors (Lipinski definition) is 3. The lowest BCUT2D eigenvalue weighted by Gasteiger charge is -2.31. The lowest BCUT2D eigenvalue weighted by molar-refractivity contribution is -0.125. The Kier molecular flexibility index (Phi) is 6.60. The quantitative estimate of drug-likeness (QED) is 0.492. The van der Waals surface area contributed by atoms with E-state index in [1.54, 1.807) is 24.3 Å². The number of nitrogens with one attached hydrogen (secondary N) is 3. The van der Waals surface area contributed by atoms with Crippen LogP contribution in [0.25, 0.3) is 0 Å². The van der Waals surface area contributed by atoms with Gasteiger partial charge in [0, 0.05) is 42.7 Å². The topological polar surface area (TPSA) is 96.5 Å². The molecule has 35 heavy (non-hydrogen) atoms. The van der Waals surface area contributed by atoms with Crippen LogP contribution in [-0.4, -0.2) is 40.0 Å². The first-order valence-corrected chi connectivity index (χ1v) is 13.3. The molecule has 5 rings (SSSR count). The van der Waals surface area contributed by atoms with Crippen LogP contribution in [0.15, 0.2) is 77.7 Å². The number of amides is 1. The Bertz CT molecular complexity index is 1280. The number of ether oxygens (including phenoxy) is 1. The maximum absolute atomic E-state index is 13.1. The van der Waals surface area contributed by atoms with Crippen molar-refractivity contribution < 1.29 is 17.9 Å². The fraction of sp³-hybridized carbons (Fsp3) is 0.296. The highest BCUT2D eigenvalue weighted by atomic mass is 32.2. The van der Waals surface area contributed by atoms with E-state index >= 15 is 0 Å². The minimum absolute atomic E-state index is 0.0208. The number of piperidine rings is 1. The number of fused-ring (bicyclic) bond motifs is 2. The molecule has 2 aliphatic rings. The molecule has 0 radical (unpaired) electrons. The molecule has 2 heterocycles. The van der Waals surface area contributed by atoms with Crippen molar-refractivity contribution in [3.8, 4) is 11.5 Å². The summed E-state index contributed by atoms with van der Waals surface area (Å²) in [6.07, 6.45) is 0.435. The van der Waals surface area contributed by atoms with Crippen molar-refractivity contribution in [1.29, 1.82) is 0 Å². The Morgan fingerprint density at radius 3 is 2.23 bits per heavy atom. The van der Waals surface area contributed by atoms with Crippen LogP contribution in [0, 0.1) is 12.8 Å². The molecule has 1 saturated heterocycles. The molecule has 0 unspecified atom stereocenters. The molecule has 0 spiro atoms. The van der Waals surface area contributed by atoms with Crippen molar-refractivity contribution in [2.45, 2.75) is 30.2 Å². The summed E-state index contributed by atoms with van der Waals surface area (Å²) >= 11 is 0. The van der Waals surface area contributed by atoms with Crippen LogP contribution >= 0.6 is 0 Å². The third-order valence-electron chi connectivity index (χ3n) is 6.66. The van der Waals surface area contributed by atoms with E-state index in [0.29, 0.717) is 26.1 Å². The molecule has 1 fully saturated rings. The van der Waals surface area contributed by atoms with Crippen molar-refractivity contribution in [2.24, 2.45) is 5.92 Å². The average Bonchev–Trinajstić information content (AvgIpc) is 2.86. The maximum atomic E-state index is 13.1. The highest BCUT2D eigenvalue weighted by Crippen LogP contribution is 2.43. The Labute approximate surface area is 206 Å². The first kappa shape index (κ1) is 23.5. The molecule has 2 atom stereocenters. The first-order chi connectivity index (χ1) is 16.9. The SMILES string of the molecule is Cc1ccc(S(=O)(=O)N[C@@H]2CNC[C@@H](C(=O)NCC3c4ccccc4Oc4ccccc43)C2)cc1. The predicted molar refractivity (Wildman–Crippen MR) is 134 cm³/mol. The summed E-state index contributed by atoms with van der Waals surface area (Å²) in [5.41, 5.74) is 3.07. The van der Waals surface area contributed by atoms with Gasteiger partial charge in [-0.3, -0.25) is 4.79 Å². The monoisotopic (exact) mass is 491 g/mol. The Hall–Kier alpha value is -3.20. The summed E-state index contributed by atoms with van der Waals surface area (Å²) in [4.78, 5) is 13.4. The molecular weight excluding hydrogens is 462 g/mol. The summed E-state index contributed by atoms with van der Waals surface area (Å²) in [5, 5.41) is 6.32. The van der Waals surface area contributed by atoms with E-state index < -0.39 is 10.0 Å². The minimum atomic E-state index is -3.66. The fourth-order valence-electron chi connectivity index (χ4n) is 4.81. The zero-order valence-corrected chi connectivity index (χ0v) is 20.3. The van der Waals surface area contributed by atoms with Crippen LogP contribution in [0.1, 0.15) is 29.0 Å². The lowest BCUT2D eigenvalue weighted by atomic mass is 9.87. The molecule has 182 valence electrons. The van der Waals surface area contributed by atoms with Gasteiger partial charge in [-0.05, 0) is 37.6 Å². The van der Waals surface area contributed by atoms with Crippen LogP contribution in [0.2, 0.25) is 0 Å². The number of carbonyl (C=O) groups is 1. The Morgan fingerprint density at radius 2 is 1.57 bits per heavy atom. The average molecular weight is 492 g/mol. The van der Waals surface area contributed by atoms with Crippen molar-refractivity contribution >= 4 is 15.9 Å². The van der Waals surface area contributed by atoms with Crippen LogP contribution in [0.4, 0.5) is 0 Å². The van der Waals surface area contributed by atoms with E-state index in [9.17, 15) is 13.2 Å². The van der Waals surface area contributed by atoms with E-state index in [2.05, 4.69) is 15.4 Å². The van der Waals surface area contributed by atoms with Gasteiger partial charge in [-0.25, -0.2) is 13.1 Å². The molecule has 3 aromatic rings. The molecule has 7 nitrogen and oxygen atoms in total. The number of aryl methyl sites for hydroxylation is 1. The largest absolute Gasteiger partial charge is 0.457 e. The Morgan fingerprint density at radius 1 is 0.943 bits per heavy atom. The highest BCUT2D eigenvalue weighted by Gasteiger charge is 2.32. The zero-order chi connectivity index (χ0) is 24.4. The fourth-order valence-corrected chi connectivity index (χ4v) is 6.06. The van der Waals surface area contributed by atoms with E-state index in [0.717, 1.165) is 28.2 Å². The number of sulfonamides is 1. The van der Waals surface area contributed by atoms with Crippen molar-refractivity contribution in [2.75, 3.05) is 19.6 Å². The van der Waals surface area contributed by atoms with Crippen molar-refractivity contribution in [3.63, 3.8) is 0 Å². The van der Waals surface area contributed by atoms with E-state index in [4.69, 9.17) is 4.74 Å². The number of rotatable bonds is 6. The van der Waals surface area contributed by atoms with Gasteiger partial charge in [0.25, 0.3) is 0 Å². The zero-order valence-electron chi connectivity index (χ0n) is 19.5. The number of hydrogen-bond acceptors (Lipinski definition) is 5. The van der Waals surface area contributed by atoms with Crippen LogP contribution < -0.4 is 20.1 Å². The van der Waals surface area contributed by atoms with Crippen LogP contribution in [0.3, 0.4) is 0 Å². The second kappa shape index (κ2) is 9.81. The van der Waals surface area contributed by atoms with Crippen LogP contribution in [-0.2, 0) is 14.8 Å². The minimum Gasteiger partial charge on any atom is -0.457 e. The van der Waals surface area contributed by atoms with Gasteiger partial charge >= 0.3 is 0 Å². The summed E-state index contributed by atoms with van der Waals surface area (Å²) in [5.74, 6) is 1.16. The number of carbonyl (C=O) groups excluding carboxylic acids is 1. The van der Waals surface area contributed by atoms with Gasteiger partial charge in [0.05, 0.1) is 10.8 Å². The molecule has 0 saturated carbocycles. The summed E-state index contributed by atoms with van der Waals surface area (Å²) < 4.78 is 34.4. The number of benzene rings is 3. The molecule has 3 N–H and O–H groups in total. The molecule has 3 aromatic carbocycles. The van der Waals surface area contributed by atoms with Gasteiger partial charge in [-0.15, -0.1) is 0 Å². The Balaban J connectivity index is 1.24. The molecule has 0 bridgehead atoms. The summed E-state index contributed by atoms with van der Waals surface area (Å²) in [6, 6.07) is 22.1. The first-order valence-electron chi connectivity index (χ1n) is 11.8. The van der Waals surface area contributed by atoms with Gasteiger partial charge in [0.1, 0.15) is 11.5 Å². The van der Waals surface area contributed by atoms with E-state index in [1.807, 2.05) is 55.5 Å². The van der Waals surface area contributed by atoms with Crippen LogP contribution in [0.5, 0.6) is 11.5 Å². The summed E-state index contributed by atoms with van der Waals surface area (Å²) in [6.45, 7) is 3.34. The molecule has 1 amide bonds. The van der Waals surface area contributed by atoms with Gasteiger partial charge in [0.2, 0.25) is 15.9 Å². The lowest BCUT2D eigenvalue weighted by Crippen LogP contribution is -2.52. The van der Waals surface area contributed by atoms with Crippen molar-refractivity contribution in [3.05, 3.63) is 89.5 Å². The van der Waals surface area contributed by atoms with E-state index in [-0.39, 0.29) is 28.7 Å². The second-order valence-electron chi connectivity index (χ2n) is 9.20. The number of para-hydroxylation sites is 2. The van der Waals surface area contributed by atoms with Gasteiger partial charge in [-0.2, -0.15) is 0 Å². The van der Waals surface area contributed by atoms with Gasteiger partial charge in [0.15, 0.2) is 0 Å². The highest BCUT2D eigenvalue weighted by molar-refractivity contribution is 7.89. The molecule has 0 aliphatic carbocycles. The van der Waals surface area contributed by atoms with Crippen molar-refractivity contribution in [1.82, 2.24) is 15.4 Å². The third-order valence-corrected chi connectivity index (χ3v) is 8.20.